The summed E-state index contributed by atoms with van der Waals surface area (Å²) in [6.07, 6.45) is 8.18. The summed E-state index contributed by atoms with van der Waals surface area (Å²) >= 11 is 5.72. The number of carboxylic acid groups (broad SMARTS) is 1. The van der Waals surface area contributed by atoms with Gasteiger partial charge in [0, 0.05) is 77.3 Å². The molecule has 12 heteroatoms. The summed E-state index contributed by atoms with van der Waals surface area (Å²) in [5.74, 6) is -7.33. The maximum absolute atomic E-state index is 17.6. The second-order valence-corrected chi connectivity index (χ2v) is 18.4. The van der Waals surface area contributed by atoms with Gasteiger partial charge in [-0.05, 0) is 104 Å². The topological polar surface area (TPSA) is 91.1 Å². The first-order valence-corrected chi connectivity index (χ1v) is 22.4. The molecule has 3 aliphatic heterocycles. The number of fused-ring (bicyclic) bond motifs is 4. The van der Waals surface area contributed by atoms with Crippen molar-refractivity contribution in [2.75, 3.05) is 63.4 Å². The second-order valence-electron chi connectivity index (χ2n) is 18.1. The van der Waals surface area contributed by atoms with Crippen molar-refractivity contribution in [3.8, 4) is 0 Å². The maximum atomic E-state index is 17.6. The van der Waals surface area contributed by atoms with E-state index in [1.54, 1.807) is 0 Å². The number of carbonyl (C=O) groups excluding carboxylic acids is 1. The number of alkyl halides is 1. The van der Waals surface area contributed by atoms with E-state index in [0.29, 0.717) is 29.9 Å². The van der Waals surface area contributed by atoms with Gasteiger partial charge in [0.15, 0.2) is 11.6 Å². The maximum Gasteiger partial charge on any atom is 0.339 e. The highest BCUT2D eigenvalue weighted by Gasteiger charge is 2.44. The number of amides is 1. The molecule has 8 nitrogen and oxygen atoms in total. The number of benzene rings is 3. The highest BCUT2D eigenvalue weighted by molar-refractivity contribution is 6.17. The zero-order valence-electron chi connectivity index (χ0n) is 36.0. The molecule has 0 radical (unpaired) electrons. The molecule has 1 atom stereocenters. The first-order valence-electron chi connectivity index (χ1n) is 21.9. The molecular formula is C48H60ClF3N3O5+. The number of ether oxygens (including phenoxy) is 2. The summed E-state index contributed by atoms with van der Waals surface area (Å²) in [5.41, 5.74) is 3.07. The molecular weight excluding hydrogens is 791 g/mol. The summed E-state index contributed by atoms with van der Waals surface area (Å²) in [4.78, 5) is 29.2. The molecule has 3 aromatic rings. The molecule has 1 amide bonds. The summed E-state index contributed by atoms with van der Waals surface area (Å²) in [6, 6.07) is 6.23. The van der Waals surface area contributed by atoms with Gasteiger partial charge in [-0.3, -0.25) is 4.79 Å². The van der Waals surface area contributed by atoms with Gasteiger partial charge < -0.3 is 24.8 Å². The Morgan fingerprint density at radius 3 is 2.30 bits per heavy atom. The van der Waals surface area contributed by atoms with E-state index in [9.17, 15) is 14.7 Å². The van der Waals surface area contributed by atoms with Crippen LogP contribution in [0.2, 0.25) is 0 Å². The smallest absolute Gasteiger partial charge is 0.339 e. The van der Waals surface area contributed by atoms with Crippen molar-refractivity contribution >= 4 is 34.7 Å². The van der Waals surface area contributed by atoms with Crippen molar-refractivity contribution in [3.05, 3.63) is 96.3 Å². The van der Waals surface area contributed by atoms with Crippen LogP contribution in [-0.4, -0.2) is 81.0 Å². The molecule has 0 bridgehead atoms. The Kier molecular flexibility index (Phi) is 13.1. The number of aromatic carboxylic acids is 1. The third-order valence-corrected chi connectivity index (χ3v) is 13.6. The van der Waals surface area contributed by atoms with Crippen LogP contribution in [0.5, 0.6) is 0 Å². The molecule has 7 rings (SSSR count). The number of halogens is 4. The third-order valence-electron chi connectivity index (χ3n) is 13.3. The van der Waals surface area contributed by atoms with Crippen LogP contribution in [0.1, 0.15) is 152 Å². The molecule has 0 saturated carbocycles. The van der Waals surface area contributed by atoms with Crippen molar-refractivity contribution in [1.82, 2.24) is 9.89 Å². The third kappa shape index (κ3) is 7.87. The van der Waals surface area contributed by atoms with Gasteiger partial charge in [-0.1, -0.05) is 33.6 Å². The summed E-state index contributed by atoms with van der Waals surface area (Å²) in [7, 11) is 0. The minimum absolute atomic E-state index is 0.0175. The van der Waals surface area contributed by atoms with Crippen molar-refractivity contribution < 1.29 is 37.3 Å². The van der Waals surface area contributed by atoms with Crippen LogP contribution in [0.3, 0.4) is 0 Å². The average Bonchev–Trinajstić information content (AvgIpc) is 3.19. The molecule has 324 valence electrons. The standard InChI is InChI=1S/C48H59ClF3N3O5/c1-7-55-35-26-34-32(25-31(35)28(2)27-47(55,3)4)36(33-24-29-14-12-18-54-19-13-15-30(44(29)54)40(33)48(34,5)6)37-38(46(57)58)42(51)43(52)39(41(37)50)45(56)53-17-21-60-23-22-59-20-11-9-8-10-16-49/h24-26,28H,7-23,27H2,1-6H3,(H-,53,56,57,58)/p+1. The Morgan fingerprint density at radius 1 is 0.917 bits per heavy atom. The lowest BCUT2D eigenvalue weighted by Gasteiger charge is -2.48. The van der Waals surface area contributed by atoms with E-state index >= 15 is 13.2 Å². The second kappa shape index (κ2) is 17.8. The minimum atomic E-state index is -1.85. The fourth-order valence-corrected chi connectivity index (χ4v) is 11.0. The minimum Gasteiger partial charge on any atom is -0.478 e. The molecule has 4 aliphatic rings. The van der Waals surface area contributed by atoms with Crippen molar-refractivity contribution in [1.29, 1.82) is 0 Å². The SMILES string of the molecule is CCN1c2cc3c(cc2C(C)CC1(C)C)C(c1c(F)c(C(=O)NCCOCCOCCCCCCCl)c(F)c(F)c1C(=O)O)=c1cc2c4c(c1C3(C)C)CCC[N+]=4CCC2. The van der Waals surface area contributed by atoms with Crippen molar-refractivity contribution in [2.45, 2.75) is 116 Å². The van der Waals surface area contributed by atoms with E-state index in [-0.39, 0.29) is 36.8 Å². The Labute approximate surface area is 356 Å². The van der Waals surface area contributed by atoms with Gasteiger partial charge in [0.2, 0.25) is 5.36 Å². The van der Waals surface area contributed by atoms with Gasteiger partial charge >= 0.3 is 5.97 Å². The predicted octanol–water partition coefficient (Wildman–Crippen LogP) is 7.75. The van der Waals surface area contributed by atoms with Crippen LogP contribution in [0.25, 0.3) is 5.57 Å². The number of anilines is 1. The molecule has 1 unspecified atom stereocenters. The number of aryl methyl sites for hydroxylation is 1. The van der Waals surface area contributed by atoms with Crippen LogP contribution in [0.15, 0.2) is 18.2 Å². The molecule has 3 heterocycles. The molecule has 3 aromatic carbocycles. The largest absolute Gasteiger partial charge is 0.478 e. The van der Waals surface area contributed by atoms with E-state index in [2.05, 4.69) is 62.4 Å². The molecule has 0 spiro atoms. The fraction of sp³-hybridized carbons (Fsp3) is 0.562. The molecule has 1 aliphatic carbocycles. The quantitative estimate of drug-likeness (QED) is 0.0664. The van der Waals surface area contributed by atoms with Gasteiger partial charge in [0.1, 0.15) is 30.0 Å². The van der Waals surface area contributed by atoms with Crippen LogP contribution in [0.4, 0.5) is 18.9 Å². The van der Waals surface area contributed by atoms with Crippen LogP contribution < -0.4 is 25.4 Å². The van der Waals surface area contributed by atoms with Crippen LogP contribution in [-0.2, 0) is 27.7 Å². The summed E-state index contributed by atoms with van der Waals surface area (Å²) in [5, 5.41) is 14.9. The predicted molar refractivity (Wildman–Crippen MR) is 230 cm³/mol. The number of rotatable bonds is 16. The number of unbranched alkanes of at least 4 members (excludes halogenated alkanes) is 3. The number of nitrogens with one attached hydrogen (secondary N) is 1. The van der Waals surface area contributed by atoms with Gasteiger partial charge in [0.05, 0.1) is 19.8 Å². The monoisotopic (exact) mass is 850 g/mol. The Hall–Kier alpha value is -3.93. The Morgan fingerprint density at radius 2 is 1.60 bits per heavy atom. The van der Waals surface area contributed by atoms with E-state index in [1.807, 2.05) is 12.1 Å². The zero-order chi connectivity index (χ0) is 43.1. The van der Waals surface area contributed by atoms with E-state index < -0.39 is 51.4 Å². The first-order chi connectivity index (χ1) is 28.6. The summed E-state index contributed by atoms with van der Waals surface area (Å²) in [6.45, 7) is 16.7. The molecule has 0 saturated heterocycles. The van der Waals surface area contributed by atoms with E-state index in [1.165, 1.54) is 5.36 Å². The van der Waals surface area contributed by atoms with E-state index in [0.717, 1.165) is 111 Å². The number of nitrogens with zero attached hydrogens (tertiary/aromatic N) is 2. The lowest BCUT2D eigenvalue weighted by atomic mass is 9.64. The van der Waals surface area contributed by atoms with Crippen molar-refractivity contribution in [2.24, 2.45) is 0 Å². The summed E-state index contributed by atoms with van der Waals surface area (Å²) < 4.78 is 63.7. The highest BCUT2D eigenvalue weighted by atomic mass is 35.5. The lowest BCUT2D eigenvalue weighted by Crippen LogP contribution is -2.50. The molecule has 60 heavy (non-hydrogen) atoms. The normalized spacial score (nSPS) is 18.4. The van der Waals surface area contributed by atoms with Crippen LogP contribution in [0, 0.1) is 17.5 Å². The van der Waals surface area contributed by atoms with Gasteiger partial charge in [-0.15, -0.1) is 11.6 Å². The Bertz CT molecular complexity index is 2320. The zero-order valence-corrected chi connectivity index (χ0v) is 36.8. The van der Waals surface area contributed by atoms with Gasteiger partial charge in [0.25, 0.3) is 5.91 Å². The average molecular weight is 851 g/mol. The molecule has 0 fully saturated rings. The van der Waals surface area contributed by atoms with Crippen molar-refractivity contribution in [3.63, 3.8) is 0 Å². The Balaban J connectivity index is 1.37. The number of carboxylic acids is 1. The first kappa shape index (κ1) is 44.1. The molecule has 2 N–H and O–H groups in total. The fourth-order valence-electron chi connectivity index (χ4n) is 10.8. The van der Waals surface area contributed by atoms with Crippen LogP contribution >= 0.6 is 11.6 Å². The van der Waals surface area contributed by atoms with Gasteiger partial charge in [-0.25, -0.2) is 22.5 Å². The number of carbonyl (C=O) groups is 2. The highest BCUT2D eigenvalue weighted by Crippen LogP contribution is 2.50. The lowest BCUT2D eigenvalue weighted by molar-refractivity contribution is 0.0468. The number of hydrogen-bond acceptors (Lipinski definition) is 5. The van der Waals surface area contributed by atoms with E-state index in [4.69, 9.17) is 21.1 Å². The van der Waals surface area contributed by atoms with Gasteiger partial charge in [-0.2, -0.15) is 0 Å². The number of hydrogen-bond donors (Lipinski definition) is 2. The molecule has 0 aromatic heterocycles.